The van der Waals surface area contributed by atoms with E-state index >= 15 is 0 Å². The van der Waals surface area contributed by atoms with E-state index in [-0.39, 0.29) is 21.1 Å². The molecular weight excluding hydrogens is 413 g/mol. The summed E-state index contributed by atoms with van der Waals surface area (Å²) in [5, 5.41) is 12.7. The molecule has 8 heteroatoms. The van der Waals surface area contributed by atoms with Gasteiger partial charge >= 0.3 is 6.03 Å². The van der Waals surface area contributed by atoms with Gasteiger partial charge in [-0.2, -0.15) is 9.72 Å². The summed E-state index contributed by atoms with van der Waals surface area (Å²) in [6.07, 6.45) is 0. The number of halogens is 2. The molecule has 0 spiro atoms. The summed E-state index contributed by atoms with van der Waals surface area (Å²) in [5.74, 6) is -0.785. The van der Waals surface area contributed by atoms with Crippen LogP contribution in [0.3, 0.4) is 0 Å². The molecule has 0 atom stereocenters. The Morgan fingerprint density at radius 1 is 0.966 bits per heavy atom. The number of nitrogens with zero attached hydrogens (tertiary/aromatic N) is 2. The lowest BCUT2D eigenvalue weighted by atomic mass is 10.0. The standard InChI is InChI=1S/C21H17Cl2N3O3/c1-12-6-8-14(9-7-12)15-10-11-18(26(29)13(15)2)24-21(28)25-20(27)19-16(22)4-3-5-17(19)23/h3-11,29H,1-2H3,(H,25,27,28). The molecule has 6 nitrogen and oxygen atoms in total. The first kappa shape index (κ1) is 20.6. The summed E-state index contributed by atoms with van der Waals surface area (Å²) in [7, 11) is 0. The second kappa shape index (κ2) is 8.51. The highest BCUT2D eigenvalue weighted by molar-refractivity contribution is 6.40. The third kappa shape index (κ3) is 4.50. The number of amides is 3. The van der Waals surface area contributed by atoms with Crippen molar-refractivity contribution in [2.45, 2.75) is 13.8 Å². The maximum atomic E-state index is 12.3. The van der Waals surface area contributed by atoms with Crippen LogP contribution in [0.1, 0.15) is 21.6 Å². The minimum Gasteiger partial charge on any atom is -0.427 e. The molecule has 0 saturated carbocycles. The average Bonchev–Trinajstić information content (AvgIpc) is 2.66. The summed E-state index contributed by atoms with van der Waals surface area (Å²) in [6, 6.07) is 14.6. The van der Waals surface area contributed by atoms with Crippen LogP contribution in [-0.2, 0) is 0 Å². The Kier molecular flexibility index (Phi) is 6.06. The van der Waals surface area contributed by atoms with Gasteiger partial charge in [-0.05, 0) is 43.7 Å². The van der Waals surface area contributed by atoms with E-state index in [0.717, 1.165) is 21.4 Å². The van der Waals surface area contributed by atoms with Gasteiger partial charge in [-0.25, -0.2) is 4.79 Å². The number of carbonyl (C=O) groups excluding carboxylic acids is 2. The molecule has 3 amide bonds. The van der Waals surface area contributed by atoms with Gasteiger partial charge in [0, 0.05) is 5.56 Å². The number of pyridine rings is 1. The van der Waals surface area contributed by atoms with Crippen LogP contribution in [0.15, 0.2) is 59.6 Å². The van der Waals surface area contributed by atoms with E-state index in [9.17, 15) is 14.8 Å². The Bertz CT molecular complexity index is 1150. The number of carbonyl (C=O) groups is 2. The number of aryl methyl sites for hydroxylation is 1. The predicted molar refractivity (Wildman–Crippen MR) is 111 cm³/mol. The van der Waals surface area contributed by atoms with Crippen molar-refractivity contribution >= 4 is 35.1 Å². The fourth-order valence-electron chi connectivity index (χ4n) is 2.76. The highest BCUT2D eigenvalue weighted by Crippen LogP contribution is 2.24. The van der Waals surface area contributed by atoms with E-state index in [1.165, 1.54) is 18.2 Å². The van der Waals surface area contributed by atoms with Gasteiger partial charge in [0.05, 0.1) is 21.3 Å². The van der Waals surface area contributed by atoms with Crippen molar-refractivity contribution in [1.82, 2.24) is 10.0 Å². The maximum Gasteiger partial charge on any atom is 0.349 e. The monoisotopic (exact) mass is 429 g/mol. The van der Waals surface area contributed by atoms with Crippen LogP contribution in [0.2, 0.25) is 10.0 Å². The Hall–Kier alpha value is -3.09. The number of hydrogen-bond acceptors (Lipinski definition) is 3. The fraction of sp³-hybridized carbons (Fsp3) is 0.0952. The molecule has 0 radical (unpaired) electrons. The van der Waals surface area contributed by atoms with Gasteiger partial charge in [0.2, 0.25) is 0 Å². The smallest absolute Gasteiger partial charge is 0.349 e. The first-order valence-corrected chi connectivity index (χ1v) is 9.36. The zero-order valence-electron chi connectivity index (χ0n) is 15.6. The Balaban J connectivity index is 1.88. The average molecular weight is 430 g/mol. The van der Waals surface area contributed by atoms with Crippen LogP contribution in [0.5, 0.6) is 0 Å². The van der Waals surface area contributed by atoms with Gasteiger partial charge in [-0.3, -0.25) is 10.1 Å². The van der Waals surface area contributed by atoms with Crippen molar-refractivity contribution in [3.8, 4) is 11.1 Å². The molecule has 148 valence electrons. The molecule has 2 aromatic carbocycles. The molecule has 0 aliphatic carbocycles. The van der Waals surface area contributed by atoms with Gasteiger partial charge in [0.25, 0.3) is 5.91 Å². The molecule has 1 heterocycles. The zero-order valence-corrected chi connectivity index (χ0v) is 17.1. The molecule has 0 aliphatic rings. The minimum atomic E-state index is -0.962. The van der Waals surface area contributed by atoms with Crippen molar-refractivity contribution in [2.24, 2.45) is 4.99 Å². The van der Waals surface area contributed by atoms with E-state index in [4.69, 9.17) is 23.2 Å². The molecule has 0 saturated heterocycles. The highest BCUT2D eigenvalue weighted by atomic mass is 35.5. The Morgan fingerprint density at radius 2 is 1.59 bits per heavy atom. The fourth-order valence-corrected chi connectivity index (χ4v) is 3.33. The molecule has 3 aromatic rings. The molecule has 29 heavy (non-hydrogen) atoms. The van der Waals surface area contributed by atoms with Gasteiger partial charge in [-0.1, -0.05) is 59.1 Å². The normalized spacial score (nSPS) is 11.4. The van der Waals surface area contributed by atoms with E-state index in [0.29, 0.717) is 5.69 Å². The lowest BCUT2D eigenvalue weighted by Gasteiger charge is -2.10. The van der Waals surface area contributed by atoms with Gasteiger partial charge < -0.3 is 5.21 Å². The number of imide groups is 1. The summed E-state index contributed by atoms with van der Waals surface area (Å²) in [5.41, 5.74) is 3.25. The lowest BCUT2D eigenvalue weighted by molar-refractivity contribution is 0.0965. The van der Waals surface area contributed by atoms with Crippen LogP contribution in [-0.4, -0.2) is 21.9 Å². The van der Waals surface area contributed by atoms with Gasteiger partial charge in [0.1, 0.15) is 0 Å². The van der Waals surface area contributed by atoms with E-state index in [2.05, 4.69) is 10.3 Å². The molecule has 0 fully saturated rings. The molecule has 0 aliphatic heterocycles. The second-order valence-corrected chi connectivity index (χ2v) is 7.15. The first-order valence-electron chi connectivity index (χ1n) is 8.61. The van der Waals surface area contributed by atoms with Gasteiger partial charge in [0.15, 0.2) is 5.49 Å². The number of nitrogens with one attached hydrogen (secondary N) is 1. The van der Waals surface area contributed by atoms with Crippen LogP contribution < -0.4 is 10.8 Å². The molecule has 2 N–H and O–H groups in total. The summed E-state index contributed by atoms with van der Waals surface area (Å²) >= 11 is 11.9. The molecule has 1 aromatic heterocycles. The maximum absolute atomic E-state index is 12.3. The molecule has 3 rings (SSSR count). The summed E-state index contributed by atoms with van der Waals surface area (Å²) < 4.78 is 0.793. The number of urea groups is 1. The first-order chi connectivity index (χ1) is 13.8. The van der Waals surface area contributed by atoms with Crippen molar-refractivity contribution in [3.05, 3.63) is 87.0 Å². The van der Waals surface area contributed by atoms with Crippen molar-refractivity contribution in [2.75, 3.05) is 0 Å². The summed E-state index contributed by atoms with van der Waals surface area (Å²) in [4.78, 5) is 28.2. The van der Waals surface area contributed by atoms with E-state index in [1.807, 2.05) is 31.2 Å². The second-order valence-electron chi connectivity index (χ2n) is 6.34. The van der Waals surface area contributed by atoms with Crippen molar-refractivity contribution < 1.29 is 14.8 Å². The Morgan fingerprint density at radius 3 is 2.21 bits per heavy atom. The third-order valence-corrected chi connectivity index (χ3v) is 4.94. The quantitative estimate of drug-likeness (QED) is 0.575. The largest absolute Gasteiger partial charge is 0.427 e. The summed E-state index contributed by atoms with van der Waals surface area (Å²) in [6.45, 7) is 3.68. The molecular formula is C21H17Cl2N3O3. The highest BCUT2D eigenvalue weighted by Gasteiger charge is 2.17. The lowest BCUT2D eigenvalue weighted by Crippen LogP contribution is -2.32. The van der Waals surface area contributed by atoms with E-state index in [1.54, 1.807) is 19.1 Å². The minimum absolute atomic E-state index is 0.0258. The van der Waals surface area contributed by atoms with Crippen LogP contribution in [0, 0.1) is 13.8 Å². The number of rotatable bonds is 2. The zero-order chi connectivity index (χ0) is 21.1. The molecule has 0 bridgehead atoms. The third-order valence-electron chi connectivity index (χ3n) is 4.31. The van der Waals surface area contributed by atoms with Crippen LogP contribution in [0.25, 0.3) is 11.1 Å². The SMILES string of the molecule is Cc1ccc(-c2ccc(=NC(=O)NC(=O)c3c(Cl)cccc3Cl)n(O)c2C)cc1. The van der Waals surface area contributed by atoms with Crippen LogP contribution >= 0.6 is 23.2 Å². The van der Waals surface area contributed by atoms with Crippen molar-refractivity contribution in [3.63, 3.8) is 0 Å². The van der Waals surface area contributed by atoms with E-state index < -0.39 is 11.9 Å². The number of hydrogen-bond donors (Lipinski definition) is 2. The number of aromatic nitrogens is 1. The Labute approximate surface area is 177 Å². The predicted octanol–water partition coefficient (Wildman–Crippen LogP) is 4.77. The van der Waals surface area contributed by atoms with Crippen molar-refractivity contribution in [1.29, 1.82) is 0 Å². The molecule has 0 unspecified atom stereocenters. The number of benzene rings is 2. The van der Waals surface area contributed by atoms with Crippen LogP contribution in [0.4, 0.5) is 4.79 Å². The van der Waals surface area contributed by atoms with Gasteiger partial charge in [-0.15, -0.1) is 0 Å². The topological polar surface area (TPSA) is 83.7 Å².